The number of hydrogen-bond acceptors (Lipinski definition) is 2. The van der Waals surface area contributed by atoms with Crippen LogP contribution < -0.4 is 0 Å². The summed E-state index contributed by atoms with van der Waals surface area (Å²) in [5, 5.41) is 2.89. The van der Waals surface area contributed by atoms with Gasteiger partial charge in [0.15, 0.2) is 0 Å². The molecular weight excluding hydrogens is 614 g/mol. The van der Waals surface area contributed by atoms with E-state index in [1.54, 1.807) is 0 Å². The van der Waals surface area contributed by atoms with Crippen LogP contribution in [0.3, 0.4) is 0 Å². The van der Waals surface area contributed by atoms with Crippen molar-refractivity contribution in [2.24, 2.45) is 0 Å². The first kappa shape index (κ1) is 20.9. The number of rotatable bonds is 7. The van der Waals surface area contributed by atoms with E-state index in [2.05, 4.69) is 12.5 Å². The molecule has 0 N–H and O–H groups in total. The molecule has 0 unspecified atom stereocenters. The number of alkyl halides is 13. The van der Waals surface area contributed by atoms with Crippen molar-refractivity contribution in [2.45, 2.75) is 36.3 Å². The molecule has 0 aliphatic heterocycles. The maximum atomic E-state index is 12.8. The summed E-state index contributed by atoms with van der Waals surface area (Å²) in [5.74, 6) is -14.4. The van der Waals surface area contributed by atoms with Crippen molar-refractivity contribution >= 4 is 7.43 Å². The van der Waals surface area contributed by atoms with Gasteiger partial charge in [0.1, 0.15) is 0 Å². The molecule has 0 bridgehead atoms. The van der Waals surface area contributed by atoms with Gasteiger partial charge >= 0.3 is 111 Å². The zero-order chi connectivity index (χ0) is 19.1. The number of ether oxygens (including phenoxy) is 1. The molecule has 0 atom stereocenters. The Labute approximate surface area is 112 Å². The van der Waals surface area contributed by atoms with Crippen molar-refractivity contribution in [2.75, 3.05) is 0 Å². The monoisotopic (exact) mass is 614 g/mol. The topological polar surface area (TPSA) is 18.5 Å². The van der Waals surface area contributed by atoms with E-state index in [9.17, 15) is 57.1 Å². The van der Waals surface area contributed by atoms with Crippen molar-refractivity contribution in [1.29, 1.82) is 0 Å². The van der Waals surface area contributed by atoms with E-state index >= 15 is 0 Å². The molecule has 16 heteroatoms. The Kier molecular flexibility index (Phi) is 4.73. The molecular formula is C7H2CfF13O2. The summed E-state index contributed by atoms with van der Waals surface area (Å²) in [6.07, 6.45) is -27.9. The summed E-state index contributed by atoms with van der Waals surface area (Å²) in [5.41, 5.74) is 0. The van der Waals surface area contributed by atoms with Gasteiger partial charge in [-0.15, -0.1) is 0 Å². The Balaban J connectivity index is 5.76. The van der Waals surface area contributed by atoms with Gasteiger partial charge in [-0.2, -0.15) is 0 Å². The summed E-state index contributed by atoms with van der Waals surface area (Å²) in [6.45, 7) is 0. The summed E-state index contributed by atoms with van der Waals surface area (Å²) in [6, 6.07) is 0. The Bertz CT molecular complexity index is 442. The van der Waals surface area contributed by atoms with Gasteiger partial charge in [-0.3, -0.25) is 0 Å². The van der Waals surface area contributed by atoms with E-state index in [4.69, 9.17) is 0 Å². The molecule has 0 aliphatic carbocycles. The van der Waals surface area contributed by atoms with Crippen LogP contribution in [0, 0.1) is 0 Å². The first-order valence-electron chi connectivity index (χ1n) is 4.42. The molecule has 0 aliphatic rings. The minimum absolute atomic E-state index is 1.46. The van der Waals surface area contributed by atoms with Crippen LogP contribution in [0.4, 0.5) is 57.1 Å². The molecule has 2 nitrogen and oxygen atoms in total. The quantitative estimate of drug-likeness (QED) is 0.403. The molecule has 23 heavy (non-hydrogen) atoms. The first-order chi connectivity index (χ1) is 9.77. The first-order valence-corrected chi connectivity index (χ1v) is 7.36. The molecule has 0 fully saturated rings. The Morgan fingerprint density at radius 2 is 0.913 bits per heavy atom. The van der Waals surface area contributed by atoms with Gasteiger partial charge in [0.2, 0.25) is 0 Å². The average molecular weight is 616 g/mol. The fraction of sp³-hybridized carbons (Fsp3) is 0.857. The Morgan fingerprint density at radius 1 is 0.565 bits per heavy atom. The van der Waals surface area contributed by atoms with E-state index in [1.165, 1.54) is 4.74 Å². The Hall–Kier alpha value is -2.12. The fourth-order valence-electron chi connectivity index (χ4n) is 0.721. The van der Waals surface area contributed by atoms with Crippen molar-refractivity contribution in [3.8, 4) is 0 Å². The molecule has 0 spiro atoms. The summed E-state index contributed by atoms with van der Waals surface area (Å²) < 4.78 is 159. The van der Waals surface area contributed by atoms with Crippen molar-refractivity contribution < 1.29 is 66.9 Å². The summed E-state index contributed by atoms with van der Waals surface area (Å²) in [4.78, 5) is 0. The average Bonchev–Trinajstić information content (AvgIpc) is 2.24. The van der Waals surface area contributed by atoms with Gasteiger partial charge in [-0.05, 0) is 0 Å². The van der Waals surface area contributed by atoms with E-state index < -0.39 is 36.3 Å². The van der Waals surface area contributed by atoms with Crippen LogP contribution >= 0.6 is 0 Å². The second-order valence-corrected chi connectivity index (χ2v) is 4.75. The number of hydrogen-bond donors (Lipinski definition) is 0. The molecule has 143 valence electrons. The molecule has 0 aromatic rings. The van der Waals surface area contributed by atoms with Gasteiger partial charge in [0.05, 0.1) is 0 Å². The third-order valence-electron chi connectivity index (χ3n) is 1.84. The standard InChI is InChI=1S/C6F13O2.CH2.Cf/c7-1(8,3(11,12)13)5(16,17)21-6(18,19)2(9,10)4(14,15)20;;/h;1H2;/q-1;;+1. The van der Waals surface area contributed by atoms with E-state index in [0.717, 1.165) is 0 Å². The molecule has 0 saturated carbocycles. The predicted octanol–water partition coefficient (Wildman–Crippen LogP) is 4.06. The van der Waals surface area contributed by atoms with Gasteiger partial charge in [0.25, 0.3) is 0 Å². The van der Waals surface area contributed by atoms with Gasteiger partial charge in [-0.1, -0.05) is 0 Å². The molecule has 0 aromatic carbocycles. The third kappa shape index (κ3) is 3.30. The van der Waals surface area contributed by atoms with Crippen molar-refractivity contribution in [3.63, 3.8) is 0 Å². The van der Waals surface area contributed by atoms with Crippen molar-refractivity contribution in [1.82, 2.24) is 0 Å². The Morgan fingerprint density at radius 3 is 1.22 bits per heavy atom. The summed E-state index contributed by atoms with van der Waals surface area (Å²) >= 11 is 0. The van der Waals surface area contributed by atoms with E-state index in [-0.39, 0.29) is 0 Å². The molecule has 0 amide bonds. The van der Waals surface area contributed by atoms with Crippen LogP contribution in [-0.2, 0) is 9.84 Å². The second kappa shape index (κ2) is 5.21. The van der Waals surface area contributed by atoms with Crippen LogP contribution in [0.5, 0.6) is 0 Å². The van der Waals surface area contributed by atoms with Crippen molar-refractivity contribution in [3.05, 3.63) is 0 Å². The zero-order valence-electron chi connectivity index (χ0n) is 9.75. The van der Waals surface area contributed by atoms with Gasteiger partial charge < -0.3 is 0 Å². The maximum absolute atomic E-state index is 12.8. The van der Waals surface area contributed by atoms with E-state index in [1.807, 2.05) is 0 Å². The molecule has 0 heterocycles. The molecule has 0 aromatic heterocycles. The summed E-state index contributed by atoms with van der Waals surface area (Å²) in [7, 11) is 2.52. The van der Waals surface area contributed by atoms with E-state index in [0.29, 0.717) is 0 Å². The zero-order valence-corrected chi connectivity index (χ0v) is 12.4. The minimum atomic E-state index is -7.38. The SMILES string of the molecule is [CH2]=[Cf][O]C(F)(F)C(F)(F)C(F)(F)OC(F)(F)C(F)(F)C(F)(F)F. The van der Waals surface area contributed by atoms with Crippen LogP contribution in [0.25, 0.3) is 0 Å². The van der Waals surface area contributed by atoms with Crippen LogP contribution in [0.15, 0.2) is 0 Å². The van der Waals surface area contributed by atoms with Gasteiger partial charge in [-0.25, -0.2) is 0 Å². The van der Waals surface area contributed by atoms with Crippen LogP contribution in [-0.4, -0.2) is 43.8 Å². The third-order valence-corrected chi connectivity index (χ3v) is 2.89. The molecule has 0 rings (SSSR count). The molecule has 0 saturated heterocycles. The predicted molar refractivity (Wildman–Crippen MR) is 40.1 cm³/mol. The fourth-order valence-corrected chi connectivity index (χ4v) is 1.54. The van der Waals surface area contributed by atoms with Gasteiger partial charge in [0, 0.05) is 0 Å². The van der Waals surface area contributed by atoms with Crippen LogP contribution in [0.2, 0.25) is 0 Å². The second-order valence-electron chi connectivity index (χ2n) is 3.45. The number of halogens is 13. The normalized spacial score (nSPS) is 15.5. The molecule has 0 radical (unpaired) electrons. The van der Waals surface area contributed by atoms with Crippen LogP contribution in [0.1, 0.15) is 0 Å².